The van der Waals surface area contributed by atoms with Crippen LogP contribution < -0.4 is 5.32 Å². The highest BCUT2D eigenvalue weighted by molar-refractivity contribution is 6.04. The summed E-state index contributed by atoms with van der Waals surface area (Å²) < 4.78 is 26.5. The van der Waals surface area contributed by atoms with Crippen LogP contribution in [-0.2, 0) is 0 Å². The Labute approximate surface area is 96.1 Å². The van der Waals surface area contributed by atoms with Crippen LogP contribution in [0.5, 0.6) is 0 Å². The van der Waals surface area contributed by atoms with Crippen molar-refractivity contribution in [2.75, 3.05) is 5.32 Å². The number of benzene rings is 1. The first kappa shape index (κ1) is 11.2. The number of nitrogens with one attached hydrogen (secondary N) is 1. The molecule has 0 saturated heterocycles. The summed E-state index contributed by atoms with van der Waals surface area (Å²) in [4.78, 5) is 15.2. The number of carbonyl (C=O) groups excluding carboxylic acids is 1. The maximum Gasteiger partial charge on any atom is 0.258 e. The Bertz CT molecular complexity index is 558. The second-order valence-corrected chi connectivity index (χ2v) is 3.29. The Balaban J connectivity index is 2.24. The number of halogens is 2. The van der Waals surface area contributed by atoms with Crippen LogP contribution in [0.4, 0.5) is 14.5 Å². The molecule has 0 fully saturated rings. The fraction of sp³-hybridized carbons (Fsp3) is 0. The lowest BCUT2D eigenvalue weighted by molar-refractivity contribution is 0.102. The molecule has 0 saturated carbocycles. The first-order chi connectivity index (χ1) is 8.18. The van der Waals surface area contributed by atoms with Crippen LogP contribution in [0.15, 0.2) is 42.7 Å². The standard InChI is InChI=1S/C12H8F2N2O/c13-9-4-2-1-3-8(9)12(17)16-11-5-6-15-7-10(11)14/h1-7H,(H,15,16,17). The molecule has 2 aromatic rings. The van der Waals surface area contributed by atoms with Crippen LogP contribution in [0, 0.1) is 11.6 Å². The molecule has 0 aliphatic heterocycles. The lowest BCUT2D eigenvalue weighted by Gasteiger charge is -2.06. The predicted molar refractivity (Wildman–Crippen MR) is 58.5 cm³/mol. The molecule has 0 unspecified atom stereocenters. The zero-order valence-electron chi connectivity index (χ0n) is 8.65. The van der Waals surface area contributed by atoms with E-state index in [1.54, 1.807) is 0 Å². The van der Waals surface area contributed by atoms with Gasteiger partial charge in [0.15, 0.2) is 5.82 Å². The van der Waals surface area contributed by atoms with Gasteiger partial charge in [-0.3, -0.25) is 9.78 Å². The van der Waals surface area contributed by atoms with Gasteiger partial charge in [0.1, 0.15) is 5.82 Å². The molecule has 1 heterocycles. The summed E-state index contributed by atoms with van der Waals surface area (Å²) in [5.41, 5.74) is -0.169. The monoisotopic (exact) mass is 234 g/mol. The van der Waals surface area contributed by atoms with Crippen molar-refractivity contribution in [3.05, 3.63) is 59.9 Å². The van der Waals surface area contributed by atoms with Crippen LogP contribution in [-0.4, -0.2) is 10.9 Å². The van der Waals surface area contributed by atoms with Crippen molar-refractivity contribution >= 4 is 11.6 Å². The molecule has 0 bridgehead atoms. The molecule has 2 rings (SSSR count). The third-order valence-corrected chi connectivity index (χ3v) is 2.14. The van der Waals surface area contributed by atoms with Crippen LogP contribution in [0.3, 0.4) is 0 Å². The summed E-state index contributed by atoms with van der Waals surface area (Å²) in [6.45, 7) is 0. The largest absolute Gasteiger partial charge is 0.319 e. The van der Waals surface area contributed by atoms with Gasteiger partial charge in [0.2, 0.25) is 0 Å². The van der Waals surface area contributed by atoms with Gasteiger partial charge in [-0.15, -0.1) is 0 Å². The summed E-state index contributed by atoms with van der Waals surface area (Å²) >= 11 is 0. The van der Waals surface area contributed by atoms with Gasteiger partial charge >= 0.3 is 0 Å². The van der Waals surface area contributed by atoms with Crippen molar-refractivity contribution in [2.45, 2.75) is 0 Å². The highest BCUT2D eigenvalue weighted by Crippen LogP contribution is 2.14. The average Bonchev–Trinajstić information content (AvgIpc) is 2.32. The predicted octanol–water partition coefficient (Wildman–Crippen LogP) is 2.61. The van der Waals surface area contributed by atoms with E-state index in [4.69, 9.17) is 0 Å². The lowest BCUT2D eigenvalue weighted by atomic mass is 10.2. The molecule has 0 aliphatic carbocycles. The summed E-state index contributed by atoms with van der Waals surface area (Å²) in [5, 5.41) is 2.27. The van der Waals surface area contributed by atoms with E-state index in [1.807, 2.05) is 0 Å². The van der Waals surface area contributed by atoms with Crippen LogP contribution in [0.1, 0.15) is 10.4 Å². The van der Waals surface area contributed by atoms with Gasteiger partial charge in [-0.1, -0.05) is 12.1 Å². The molecule has 86 valence electrons. The lowest BCUT2D eigenvalue weighted by Crippen LogP contribution is -2.14. The quantitative estimate of drug-likeness (QED) is 0.867. The molecule has 0 radical (unpaired) electrons. The number of amides is 1. The highest BCUT2D eigenvalue weighted by atomic mass is 19.1. The number of hydrogen-bond donors (Lipinski definition) is 1. The molecule has 1 N–H and O–H groups in total. The normalized spacial score (nSPS) is 10.0. The molecular formula is C12H8F2N2O. The number of pyridine rings is 1. The van der Waals surface area contributed by atoms with E-state index in [0.29, 0.717) is 0 Å². The van der Waals surface area contributed by atoms with E-state index < -0.39 is 17.5 Å². The van der Waals surface area contributed by atoms with Gasteiger partial charge in [0.05, 0.1) is 17.4 Å². The van der Waals surface area contributed by atoms with E-state index in [9.17, 15) is 13.6 Å². The van der Waals surface area contributed by atoms with Gasteiger partial charge in [-0.05, 0) is 18.2 Å². The second kappa shape index (κ2) is 4.69. The Hall–Kier alpha value is -2.30. The zero-order valence-corrected chi connectivity index (χ0v) is 8.65. The Morgan fingerprint density at radius 2 is 1.88 bits per heavy atom. The number of aromatic nitrogens is 1. The SMILES string of the molecule is O=C(Nc1ccncc1F)c1ccccc1F. The Morgan fingerprint density at radius 3 is 2.59 bits per heavy atom. The van der Waals surface area contributed by atoms with Gasteiger partial charge < -0.3 is 5.32 Å². The minimum Gasteiger partial charge on any atom is -0.319 e. The molecular weight excluding hydrogens is 226 g/mol. The van der Waals surface area contributed by atoms with Gasteiger partial charge in [0, 0.05) is 6.20 Å². The molecule has 0 aliphatic rings. The van der Waals surface area contributed by atoms with E-state index in [0.717, 1.165) is 12.3 Å². The molecule has 1 amide bonds. The van der Waals surface area contributed by atoms with E-state index in [2.05, 4.69) is 10.3 Å². The molecule has 1 aromatic heterocycles. The van der Waals surface area contributed by atoms with Crippen molar-refractivity contribution in [3.63, 3.8) is 0 Å². The Morgan fingerprint density at radius 1 is 1.12 bits per heavy atom. The average molecular weight is 234 g/mol. The molecule has 1 aromatic carbocycles. The molecule has 17 heavy (non-hydrogen) atoms. The molecule has 3 nitrogen and oxygen atoms in total. The third kappa shape index (κ3) is 2.44. The zero-order chi connectivity index (χ0) is 12.3. The summed E-state index contributed by atoms with van der Waals surface area (Å²) in [6.07, 6.45) is 2.30. The third-order valence-electron chi connectivity index (χ3n) is 2.14. The van der Waals surface area contributed by atoms with Crippen LogP contribution in [0.25, 0.3) is 0 Å². The van der Waals surface area contributed by atoms with Crippen molar-refractivity contribution in [1.82, 2.24) is 4.98 Å². The number of rotatable bonds is 2. The summed E-state index contributed by atoms with van der Waals surface area (Å²) in [7, 11) is 0. The van der Waals surface area contributed by atoms with Crippen molar-refractivity contribution in [1.29, 1.82) is 0 Å². The van der Waals surface area contributed by atoms with Gasteiger partial charge in [-0.25, -0.2) is 8.78 Å². The fourth-order valence-electron chi connectivity index (χ4n) is 1.31. The fourth-order valence-corrected chi connectivity index (χ4v) is 1.31. The number of anilines is 1. The highest BCUT2D eigenvalue weighted by Gasteiger charge is 2.12. The smallest absolute Gasteiger partial charge is 0.258 e. The van der Waals surface area contributed by atoms with Gasteiger partial charge in [0.25, 0.3) is 5.91 Å². The van der Waals surface area contributed by atoms with E-state index in [-0.39, 0.29) is 11.3 Å². The molecule has 5 heteroatoms. The van der Waals surface area contributed by atoms with Crippen molar-refractivity contribution in [2.24, 2.45) is 0 Å². The summed E-state index contributed by atoms with van der Waals surface area (Å²) in [5.74, 6) is -2.02. The maximum absolute atomic E-state index is 13.3. The minimum absolute atomic E-state index is 0.0340. The number of carbonyl (C=O) groups is 1. The summed E-state index contributed by atoms with van der Waals surface area (Å²) in [6, 6.07) is 6.79. The molecule has 0 spiro atoms. The van der Waals surface area contributed by atoms with Crippen LogP contribution >= 0.6 is 0 Å². The minimum atomic E-state index is -0.701. The van der Waals surface area contributed by atoms with E-state index >= 15 is 0 Å². The number of nitrogens with zero attached hydrogens (tertiary/aromatic N) is 1. The first-order valence-corrected chi connectivity index (χ1v) is 4.84. The first-order valence-electron chi connectivity index (χ1n) is 4.84. The molecule has 0 atom stereocenters. The van der Waals surface area contributed by atoms with Gasteiger partial charge in [-0.2, -0.15) is 0 Å². The van der Waals surface area contributed by atoms with Crippen LogP contribution in [0.2, 0.25) is 0 Å². The Kier molecular flexibility index (Phi) is 3.09. The topological polar surface area (TPSA) is 42.0 Å². The van der Waals surface area contributed by atoms with E-state index in [1.165, 1.54) is 30.5 Å². The number of hydrogen-bond acceptors (Lipinski definition) is 2. The van der Waals surface area contributed by atoms with Crippen molar-refractivity contribution < 1.29 is 13.6 Å². The second-order valence-electron chi connectivity index (χ2n) is 3.29. The maximum atomic E-state index is 13.3. The van der Waals surface area contributed by atoms with Crippen molar-refractivity contribution in [3.8, 4) is 0 Å².